The average Bonchev–Trinajstić information content (AvgIpc) is 2.16. The molecule has 68 valence electrons. The van der Waals surface area contributed by atoms with Crippen molar-refractivity contribution < 1.29 is 4.79 Å². The summed E-state index contributed by atoms with van der Waals surface area (Å²) in [5.74, 6) is -0.120. The molecule has 0 atom stereocenters. The molecule has 0 aliphatic heterocycles. The Bertz CT molecular complexity index is 331. The molecule has 1 heterocycles. The van der Waals surface area contributed by atoms with Gasteiger partial charge < -0.3 is 5.32 Å². The zero-order valence-electron chi connectivity index (χ0n) is 7.74. The van der Waals surface area contributed by atoms with Crippen LogP contribution in [0, 0.1) is 6.92 Å². The van der Waals surface area contributed by atoms with Gasteiger partial charge in [-0.1, -0.05) is 6.07 Å². The van der Waals surface area contributed by atoms with Gasteiger partial charge >= 0.3 is 0 Å². The molecule has 0 aliphatic carbocycles. The fourth-order valence-corrected chi connectivity index (χ4v) is 0.910. The van der Waals surface area contributed by atoms with E-state index in [2.05, 4.69) is 10.3 Å². The van der Waals surface area contributed by atoms with E-state index in [0.717, 1.165) is 11.3 Å². The molecule has 0 saturated heterocycles. The first-order chi connectivity index (χ1) is 6.24. The monoisotopic (exact) mass is 176 g/mol. The first-order valence-electron chi connectivity index (χ1n) is 4.05. The van der Waals surface area contributed by atoms with E-state index in [1.165, 1.54) is 6.08 Å². The molecule has 3 heteroatoms. The van der Waals surface area contributed by atoms with Crippen molar-refractivity contribution in [2.45, 2.75) is 6.92 Å². The number of amides is 1. The van der Waals surface area contributed by atoms with Crippen LogP contribution < -0.4 is 5.32 Å². The van der Waals surface area contributed by atoms with Crippen LogP contribution in [0.15, 0.2) is 24.4 Å². The third-order valence-electron chi connectivity index (χ3n) is 1.69. The molecule has 1 amide bonds. The number of nitrogens with zero attached hydrogens (tertiary/aromatic N) is 1. The molecule has 0 unspecified atom stereocenters. The van der Waals surface area contributed by atoms with E-state index in [-0.39, 0.29) is 5.91 Å². The van der Waals surface area contributed by atoms with Crippen molar-refractivity contribution in [2.24, 2.45) is 0 Å². The molecule has 1 aromatic rings. The molecule has 0 aromatic carbocycles. The molecule has 1 rings (SSSR count). The number of rotatable bonds is 2. The lowest BCUT2D eigenvalue weighted by atomic mass is 10.2. The quantitative estimate of drug-likeness (QED) is 0.687. The molecule has 0 fully saturated rings. The summed E-state index contributed by atoms with van der Waals surface area (Å²) in [6.45, 7) is 1.95. The fraction of sp³-hybridized carbons (Fsp3) is 0.200. The highest BCUT2D eigenvalue weighted by atomic mass is 16.1. The van der Waals surface area contributed by atoms with Crippen molar-refractivity contribution >= 4 is 12.0 Å². The molecular weight excluding hydrogens is 164 g/mol. The van der Waals surface area contributed by atoms with E-state index in [1.807, 2.05) is 19.1 Å². The zero-order valence-corrected chi connectivity index (χ0v) is 7.74. The Hall–Kier alpha value is -1.64. The van der Waals surface area contributed by atoms with Crippen LogP contribution >= 0.6 is 0 Å². The van der Waals surface area contributed by atoms with Gasteiger partial charge in [-0.25, -0.2) is 0 Å². The maximum atomic E-state index is 10.9. The second kappa shape index (κ2) is 4.40. The molecule has 1 aromatic heterocycles. The van der Waals surface area contributed by atoms with Crippen molar-refractivity contribution in [3.63, 3.8) is 0 Å². The summed E-state index contributed by atoms with van der Waals surface area (Å²) in [4.78, 5) is 15.0. The average molecular weight is 176 g/mol. The molecule has 3 nitrogen and oxygen atoms in total. The highest BCUT2D eigenvalue weighted by Crippen LogP contribution is 2.04. The summed E-state index contributed by atoms with van der Waals surface area (Å²) in [6, 6.07) is 3.82. The second-order valence-electron chi connectivity index (χ2n) is 2.65. The van der Waals surface area contributed by atoms with Gasteiger partial charge in [0.1, 0.15) is 0 Å². The Morgan fingerprint density at radius 1 is 1.62 bits per heavy atom. The fourth-order valence-electron chi connectivity index (χ4n) is 0.910. The lowest BCUT2D eigenvalue weighted by Crippen LogP contribution is -2.13. The predicted octanol–water partition coefficient (Wildman–Crippen LogP) is 1.15. The van der Waals surface area contributed by atoms with E-state index < -0.39 is 0 Å². The number of hydrogen-bond donors (Lipinski definition) is 1. The molecule has 13 heavy (non-hydrogen) atoms. The zero-order chi connectivity index (χ0) is 9.68. The van der Waals surface area contributed by atoms with E-state index in [9.17, 15) is 4.79 Å². The minimum absolute atomic E-state index is 0.120. The Balaban J connectivity index is 2.80. The predicted molar refractivity (Wildman–Crippen MR) is 52.1 cm³/mol. The number of likely N-dealkylation sites (N-methyl/N-ethyl adjacent to an activating group) is 1. The summed E-state index contributed by atoms with van der Waals surface area (Å²) in [7, 11) is 1.60. The molecule has 0 radical (unpaired) electrons. The van der Waals surface area contributed by atoms with Gasteiger partial charge in [0, 0.05) is 19.3 Å². The van der Waals surface area contributed by atoms with Gasteiger partial charge in [-0.3, -0.25) is 9.78 Å². The van der Waals surface area contributed by atoms with Crippen molar-refractivity contribution in [3.05, 3.63) is 35.7 Å². The number of aromatic nitrogens is 1. The molecular formula is C10H12N2O. The summed E-state index contributed by atoms with van der Waals surface area (Å²) >= 11 is 0. The van der Waals surface area contributed by atoms with Crippen LogP contribution in [0.2, 0.25) is 0 Å². The van der Waals surface area contributed by atoms with E-state index >= 15 is 0 Å². The highest BCUT2D eigenvalue weighted by Gasteiger charge is 1.94. The smallest absolute Gasteiger partial charge is 0.243 e. The van der Waals surface area contributed by atoms with E-state index in [4.69, 9.17) is 0 Å². The van der Waals surface area contributed by atoms with Crippen molar-refractivity contribution in [2.75, 3.05) is 7.05 Å². The van der Waals surface area contributed by atoms with Crippen molar-refractivity contribution in [3.8, 4) is 0 Å². The van der Waals surface area contributed by atoms with Gasteiger partial charge in [0.25, 0.3) is 0 Å². The first kappa shape index (κ1) is 9.45. The lowest BCUT2D eigenvalue weighted by Gasteiger charge is -1.96. The van der Waals surface area contributed by atoms with Crippen molar-refractivity contribution in [1.82, 2.24) is 10.3 Å². The Labute approximate surface area is 77.5 Å². The Morgan fingerprint density at radius 3 is 3.00 bits per heavy atom. The van der Waals surface area contributed by atoms with Gasteiger partial charge in [-0.2, -0.15) is 0 Å². The normalized spacial score (nSPS) is 10.3. The SMILES string of the molecule is CNC(=O)/C=C/c1ncccc1C. The molecule has 0 saturated carbocycles. The number of carbonyl (C=O) groups excluding carboxylic acids is 1. The summed E-state index contributed by atoms with van der Waals surface area (Å²) in [5.41, 5.74) is 1.88. The van der Waals surface area contributed by atoms with Gasteiger partial charge in [0.15, 0.2) is 0 Å². The number of aryl methyl sites for hydroxylation is 1. The molecule has 0 bridgehead atoms. The van der Waals surface area contributed by atoms with E-state index in [1.54, 1.807) is 19.3 Å². The van der Waals surface area contributed by atoms with Gasteiger partial charge in [-0.05, 0) is 24.6 Å². The second-order valence-corrected chi connectivity index (χ2v) is 2.65. The maximum absolute atomic E-state index is 10.9. The number of nitrogens with one attached hydrogen (secondary N) is 1. The van der Waals surface area contributed by atoms with Crippen LogP contribution in [0.1, 0.15) is 11.3 Å². The Kier molecular flexibility index (Phi) is 3.20. The Morgan fingerprint density at radius 2 is 2.38 bits per heavy atom. The van der Waals surface area contributed by atoms with Gasteiger partial charge in [0.05, 0.1) is 5.69 Å². The summed E-state index contributed by atoms with van der Waals surface area (Å²) in [5, 5.41) is 2.50. The lowest BCUT2D eigenvalue weighted by molar-refractivity contribution is -0.115. The molecule has 0 spiro atoms. The summed E-state index contributed by atoms with van der Waals surface area (Å²) < 4.78 is 0. The van der Waals surface area contributed by atoms with Crippen molar-refractivity contribution in [1.29, 1.82) is 0 Å². The minimum atomic E-state index is -0.120. The number of carbonyl (C=O) groups is 1. The topological polar surface area (TPSA) is 42.0 Å². The van der Waals surface area contributed by atoms with Gasteiger partial charge in [0.2, 0.25) is 5.91 Å². The van der Waals surface area contributed by atoms with Gasteiger partial charge in [-0.15, -0.1) is 0 Å². The molecule has 1 N–H and O–H groups in total. The standard InChI is InChI=1S/C10H12N2O/c1-8-4-3-7-12-9(8)5-6-10(13)11-2/h3-7H,1-2H3,(H,11,13)/b6-5+. The first-order valence-corrected chi connectivity index (χ1v) is 4.05. The van der Waals surface area contributed by atoms with Crippen LogP contribution in [0.5, 0.6) is 0 Å². The third kappa shape index (κ3) is 2.71. The highest BCUT2D eigenvalue weighted by molar-refractivity contribution is 5.91. The third-order valence-corrected chi connectivity index (χ3v) is 1.69. The van der Waals surface area contributed by atoms with Crippen LogP contribution in [0.3, 0.4) is 0 Å². The van der Waals surface area contributed by atoms with Crippen LogP contribution in [0.4, 0.5) is 0 Å². The largest absolute Gasteiger partial charge is 0.356 e. The minimum Gasteiger partial charge on any atom is -0.356 e. The number of hydrogen-bond acceptors (Lipinski definition) is 2. The number of pyridine rings is 1. The molecule has 0 aliphatic rings. The van der Waals surface area contributed by atoms with Crippen LogP contribution in [0.25, 0.3) is 6.08 Å². The van der Waals surface area contributed by atoms with Crippen LogP contribution in [-0.4, -0.2) is 17.9 Å². The van der Waals surface area contributed by atoms with E-state index in [0.29, 0.717) is 0 Å². The van der Waals surface area contributed by atoms with Crippen LogP contribution in [-0.2, 0) is 4.79 Å². The summed E-state index contributed by atoms with van der Waals surface area (Å²) in [6.07, 6.45) is 4.88. The maximum Gasteiger partial charge on any atom is 0.243 e.